The number of hydrogen-bond donors (Lipinski definition) is 0. The zero-order chi connectivity index (χ0) is 18.8. The number of rotatable bonds is 4. The van der Waals surface area contributed by atoms with Crippen LogP contribution in [0.2, 0.25) is 5.02 Å². The highest BCUT2D eigenvalue weighted by Gasteiger charge is 2.33. The Morgan fingerprint density at radius 2 is 2.07 bits per heavy atom. The minimum Gasteiger partial charge on any atom is -0.306 e. The maximum absolute atomic E-state index is 11.0. The number of likely N-dealkylation sites (tertiary alicyclic amines) is 1. The zero-order valence-electron chi connectivity index (χ0n) is 15.7. The van der Waals surface area contributed by atoms with Crippen LogP contribution in [0.3, 0.4) is 0 Å². The molecule has 140 valence electrons. The van der Waals surface area contributed by atoms with E-state index in [0.717, 1.165) is 36.5 Å². The fourth-order valence-corrected chi connectivity index (χ4v) is 4.74. The van der Waals surface area contributed by atoms with Crippen molar-refractivity contribution >= 4 is 29.5 Å². The van der Waals surface area contributed by atoms with E-state index in [1.807, 2.05) is 18.3 Å². The molecule has 2 aliphatic rings. The van der Waals surface area contributed by atoms with Crippen LogP contribution in [0.4, 0.5) is 0 Å². The maximum atomic E-state index is 11.0. The average molecular weight is 381 g/mol. The Morgan fingerprint density at radius 3 is 2.85 bits per heavy atom. The van der Waals surface area contributed by atoms with Crippen molar-refractivity contribution in [2.24, 2.45) is 5.92 Å². The number of piperidine rings is 1. The number of fused-ring (bicyclic) bond motifs is 2. The first-order valence-corrected chi connectivity index (χ1v) is 10.1. The molecule has 2 heterocycles. The Morgan fingerprint density at radius 1 is 1.26 bits per heavy atom. The molecule has 0 bridgehead atoms. The van der Waals surface area contributed by atoms with Crippen molar-refractivity contribution < 1.29 is 4.79 Å². The number of halogens is 1. The summed E-state index contributed by atoms with van der Waals surface area (Å²) in [6.07, 6.45) is 8.71. The van der Waals surface area contributed by atoms with E-state index in [0.29, 0.717) is 12.3 Å². The third-order valence-electron chi connectivity index (χ3n) is 5.96. The normalized spacial score (nSPS) is 20.4. The molecule has 1 fully saturated rings. The number of pyridine rings is 1. The Bertz CT molecular complexity index is 868. The summed E-state index contributed by atoms with van der Waals surface area (Å²) in [5.74, 6) is 0.834. The standard InChI is InChI=1S/C23H25ClN2O/c1-26-11-8-16(9-12-26)22-20-7-6-19(24)15-18(20)14-17(4-3-13-27)21-5-2-10-25-23(21)22/h2,5-7,10,13-16,22H,3-4,8-9,11-12H2,1H3. The van der Waals surface area contributed by atoms with Gasteiger partial charge in [0.25, 0.3) is 0 Å². The number of allylic oxidation sites excluding steroid dienone is 1. The molecule has 0 saturated carbocycles. The van der Waals surface area contributed by atoms with Crippen molar-refractivity contribution in [3.63, 3.8) is 0 Å². The molecule has 0 amide bonds. The van der Waals surface area contributed by atoms with Gasteiger partial charge < -0.3 is 9.69 Å². The van der Waals surface area contributed by atoms with E-state index in [9.17, 15) is 4.79 Å². The van der Waals surface area contributed by atoms with E-state index in [4.69, 9.17) is 16.6 Å². The van der Waals surface area contributed by atoms with Gasteiger partial charge in [-0.15, -0.1) is 0 Å². The molecule has 0 N–H and O–H groups in total. The highest BCUT2D eigenvalue weighted by Crippen LogP contribution is 2.45. The maximum Gasteiger partial charge on any atom is 0.120 e. The third-order valence-corrected chi connectivity index (χ3v) is 6.19. The summed E-state index contributed by atoms with van der Waals surface area (Å²) in [4.78, 5) is 18.3. The number of hydrogen-bond acceptors (Lipinski definition) is 3. The molecule has 1 aromatic heterocycles. The lowest BCUT2D eigenvalue weighted by molar-refractivity contribution is -0.107. The molecule has 0 radical (unpaired) electrons. The summed E-state index contributed by atoms with van der Waals surface area (Å²) in [5.41, 5.74) is 6.02. The second-order valence-corrected chi connectivity index (χ2v) is 8.14. The molecular formula is C23H25ClN2O. The summed E-state index contributed by atoms with van der Waals surface area (Å²) in [5, 5.41) is 0.751. The molecule has 1 aliphatic heterocycles. The summed E-state index contributed by atoms with van der Waals surface area (Å²) in [6, 6.07) is 10.4. The van der Waals surface area contributed by atoms with Crippen LogP contribution in [0.25, 0.3) is 11.6 Å². The number of carbonyl (C=O) groups is 1. The van der Waals surface area contributed by atoms with E-state index in [-0.39, 0.29) is 5.92 Å². The Balaban J connectivity index is 1.87. The quantitative estimate of drug-likeness (QED) is 0.696. The predicted molar refractivity (Wildman–Crippen MR) is 111 cm³/mol. The Hall–Kier alpha value is -1.97. The first-order valence-electron chi connectivity index (χ1n) is 9.75. The van der Waals surface area contributed by atoms with Crippen molar-refractivity contribution in [1.29, 1.82) is 0 Å². The van der Waals surface area contributed by atoms with E-state index >= 15 is 0 Å². The first-order chi connectivity index (χ1) is 13.2. The van der Waals surface area contributed by atoms with Crippen LogP contribution in [0.5, 0.6) is 0 Å². The van der Waals surface area contributed by atoms with Gasteiger partial charge in [-0.05, 0) is 85.8 Å². The fourth-order valence-electron chi connectivity index (χ4n) is 4.56. The van der Waals surface area contributed by atoms with Crippen LogP contribution in [0, 0.1) is 5.92 Å². The van der Waals surface area contributed by atoms with E-state index < -0.39 is 0 Å². The fraction of sp³-hybridized carbons (Fsp3) is 0.391. The van der Waals surface area contributed by atoms with Crippen LogP contribution in [-0.2, 0) is 4.79 Å². The van der Waals surface area contributed by atoms with Crippen molar-refractivity contribution in [3.05, 3.63) is 63.9 Å². The van der Waals surface area contributed by atoms with E-state index in [1.165, 1.54) is 35.1 Å². The molecule has 4 heteroatoms. The van der Waals surface area contributed by atoms with Crippen molar-refractivity contribution in [2.45, 2.75) is 31.6 Å². The monoisotopic (exact) mass is 380 g/mol. The Kier molecular flexibility index (Phi) is 5.42. The third kappa shape index (κ3) is 3.71. The molecule has 1 saturated heterocycles. The molecule has 1 aliphatic carbocycles. The van der Waals surface area contributed by atoms with Gasteiger partial charge >= 0.3 is 0 Å². The smallest absolute Gasteiger partial charge is 0.120 e. The number of aromatic nitrogens is 1. The summed E-state index contributed by atoms with van der Waals surface area (Å²) in [6.45, 7) is 2.25. The summed E-state index contributed by atoms with van der Waals surface area (Å²) < 4.78 is 0. The first kappa shape index (κ1) is 18.4. The van der Waals surface area contributed by atoms with Crippen molar-refractivity contribution in [2.75, 3.05) is 20.1 Å². The van der Waals surface area contributed by atoms with Gasteiger partial charge in [-0.25, -0.2) is 0 Å². The highest BCUT2D eigenvalue weighted by molar-refractivity contribution is 6.30. The summed E-state index contributed by atoms with van der Waals surface area (Å²) in [7, 11) is 2.20. The molecule has 3 nitrogen and oxygen atoms in total. The predicted octanol–water partition coefficient (Wildman–Crippen LogP) is 5.04. The van der Waals surface area contributed by atoms with Crippen molar-refractivity contribution in [3.8, 4) is 0 Å². The van der Waals surface area contributed by atoms with Gasteiger partial charge in [-0.2, -0.15) is 0 Å². The van der Waals surface area contributed by atoms with E-state index in [2.05, 4.69) is 36.2 Å². The lowest BCUT2D eigenvalue weighted by Gasteiger charge is -2.35. The van der Waals surface area contributed by atoms with Crippen LogP contribution in [0.15, 0.2) is 36.5 Å². The number of nitrogens with zero attached hydrogens (tertiary/aromatic N) is 2. The minimum absolute atomic E-state index is 0.271. The van der Waals surface area contributed by atoms with Crippen LogP contribution < -0.4 is 0 Å². The van der Waals surface area contributed by atoms with E-state index in [1.54, 1.807) is 0 Å². The van der Waals surface area contributed by atoms with Crippen LogP contribution in [-0.4, -0.2) is 36.3 Å². The molecule has 1 aromatic carbocycles. The summed E-state index contributed by atoms with van der Waals surface area (Å²) >= 11 is 6.34. The number of carbonyl (C=O) groups excluding carboxylic acids is 1. The number of benzene rings is 1. The second kappa shape index (κ2) is 7.95. The van der Waals surface area contributed by atoms with Gasteiger partial charge in [-0.1, -0.05) is 29.8 Å². The van der Waals surface area contributed by atoms with Gasteiger partial charge in [-0.3, -0.25) is 4.98 Å². The minimum atomic E-state index is 0.271. The molecule has 1 atom stereocenters. The molecule has 0 spiro atoms. The van der Waals surface area contributed by atoms with Gasteiger partial charge in [0.2, 0.25) is 0 Å². The zero-order valence-corrected chi connectivity index (χ0v) is 16.5. The van der Waals surface area contributed by atoms with Crippen molar-refractivity contribution in [1.82, 2.24) is 9.88 Å². The van der Waals surface area contributed by atoms with Gasteiger partial charge in [0.1, 0.15) is 6.29 Å². The topological polar surface area (TPSA) is 33.2 Å². The second-order valence-electron chi connectivity index (χ2n) is 7.70. The molecule has 1 unspecified atom stereocenters. The Labute approximate surface area is 166 Å². The lowest BCUT2D eigenvalue weighted by Crippen LogP contribution is -2.33. The number of aldehydes is 1. The highest BCUT2D eigenvalue weighted by atomic mass is 35.5. The molecule has 27 heavy (non-hydrogen) atoms. The molecule has 4 rings (SSSR count). The van der Waals surface area contributed by atoms with Gasteiger partial charge in [0.15, 0.2) is 0 Å². The largest absolute Gasteiger partial charge is 0.306 e. The molecule has 2 aromatic rings. The van der Waals surface area contributed by atoms with Crippen LogP contribution in [0.1, 0.15) is 54.0 Å². The lowest BCUT2D eigenvalue weighted by atomic mass is 9.76. The molecular weight excluding hydrogens is 356 g/mol. The SMILES string of the molecule is CN1CCC(C2c3ccc(Cl)cc3C=C(CCC=O)c3cccnc32)CC1. The average Bonchev–Trinajstić information content (AvgIpc) is 2.81. The van der Waals surface area contributed by atoms with Crippen LogP contribution >= 0.6 is 11.6 Å². The van der Waals surface area contributed by atoms with Gasteiger partial charge in [0, 0.05) is 23.6 Å². The van der Waals surface area contributed by atoms with Gasteiger partial charge in [0.05, 0.1) is 5.69 Å².